The van der Waals surface area contributed by atoms with Crippen LogP contribution in [0.3, 0.4) is 0 Å². The van der Waals surface area contributed by atoms with Gasteiger partial charge >= 0.3 is 0 Å². The number of hydrogen-bond acceptors (Lipinski definition) is 4. The molecule has 0 unspecified atom stereocenters. The van der Waals surface area contributed by atoms with Gasteiger partial charge in [-0.2, -0.15) is 0 Å². The summed E-state index contributed by atoms with van der Waals surface area (Å²) in [5.41, 5.74) is 0.187. The van der Waals surface area contributed by atoms with Gasteiger partial charge in [0.15, 0.2) is 11.5 Å². The number of aromatic nitrogens is 2. The van der Waals surface area contributed by atoms with Gasteiger partial charge in [-0.15, -0.1) is 0 Å². The zero-order chi connectivity index (χ0) is 12.0. The van der Waals surface area contributed by atoms with Crippen LogP contribution < -0.4 is 5.56 Å². The van der Waals surface area contributed by atoms with Crippen molar-refractivity contribution in [2.24, 2.45) is 0 Å². The summed E-state index contributed by atoms with van der Waals surface area (Å²) in [6, 6.07) is 0. The van der Waals surface area contributed by atoms with Gasteiger partial charge < -0.3 is 14.5 Å². The van der Waals surface area contributed by atoms with E-state index in [9.17, 15) is 4.79 Å². The second kappa shape index (κ2) is 5.75. The summed E-state index contributed by atoms with van der Waals surface area (Å²) in [6.07, 6.45) is 6.12. The molecule has 0 fully saturated rings. The maximum absolute atomic E-state index is 11.4. The monoisotopic (exact) mass is 222 g/mol. The Bertz CT molecular complexity index is 460. The molecule has 0 saturated carbocycles. The zero-order valence-corrected chi connectivity index (χ0v) is 9.48. The molecule has 0 atom stereocenters. The molecule has 0 spiro atoms. The summed E-state index contributed by atoms with van der Waals surface area (Å²) in [5, 5.41) is 0. The van der Waals surface area contributed by atoms with E-state index in [1.54, 1.807) is 12.2 Å². The Kier molecular flexibility index (Phi) is 4.32. The summed E-state index contributed by atoms with van der Waals surface area (Å²) in [4.78, 5) is 17.7. The Balaban J connectivity index is 3.15. The molecule has 1 aromatic rings. The minimum Gasteiger partial charge on any atom is -0.493 e. The van der Waals surface area contributed by atoms with Gasteiger partial charge in [0, 0.05) is 6.20 Å². The van der Waals surface area contributed by atoms with Crippen LogP contribution in [0.15, 0.2) is 34.9 Å². The van der Waals surface area contributed by atoms with Crippen LogP contribution in [0.1, 0.15) is 12.5 Å². The fraction of sp³-hybridized carbons (Fsp3) is 0.273. The highest BCUT2D eigenvalue weighted by Crippen LogP contribution is 2.13. The Hall–Kier alpha value is -2.04. The van der Waals surface area contributed by atoms with Gasteiger partial charge in [-0.25, -0.2) is 4.98 Å². The Morgan fingerprint density at radius 3 is 2.56 bits per heavy atom. The molecular weight excluding hydrogens is 208 g/mol. The summed E-state index contributed by atoms with van der Waals surface area (Å²) in [5.74, 6) is 1.04. The van der Waals surface area contributed by atoms with Crippen molar-refractivity contribution in [3.8, 4) is 0 Å². The van der Waals surface area contributed by atoms with Crippen LogP contribution in [0.4, 0.5) is 0 Å². The number of nitrogens with one attached hydrogen (secondary N) is 1. The molecule has 0 aliphatic rings. The van der Waals surface area contributed by atoms with Gasteiger partial charge in [-0.1, -0.05) is 0 Å². The van der Waals surface area contributed by atoms with E-state index < -0.39 is 0 Å². The van der Waals surface area contributed by atoms with Crippen LogP contribution >= 0.6 is 0 Å². The van der Waals surface area contributed by atoms with Crippen molar-refractivity contribution in [3.05, 3.63) is 46.0 Å². The average molecular weight is 222 g/mol. The van der Waals surface area contributed by atoms with Gasteiger partial charge in [-0.3, -0.25) is 4.79 Å². The van der Waals surface area contributed by atoms with Crippen LogP contribution in [-0.2, 0) is 9.47 Å². The first kappa shape index (κ1) is 12.0. The largest absolute Gasteiger partial charge is 0.493 e. The molecule has 0 aromatic carbocycles. The fourth-order valence-corrected chi connectivity index (χ4v) is 1.19. The van der Waals surface area contributed by atoms with Crippen molar-refractivity contribution in [3.63, 3.8) is 0 Å². The van der Waals surface area contributed by atoms with Gasteiger partial charge in [-0.05, 0) is 19.1 Å². The van der Waals surface area contributed by atoms with Crippen LogP contribution in [-0.4, -0.2) is 24.2 Å². The van der Waals surface area contributed by atoms with Crippen LogP contribution in [0.5, 0.6) is 0 Å². The zero-order valence-electron chi connectivity index (χ0n) is 9.48. The van der Waals surface area contributed by atoms with E-state index in [1.165, 1.54) is 26.7 Å². The van der Waals surface area contributed by atoms with Crippen molar-refractivity contribution < 1.29 is 9.47 Å². The quantitative estimate of drug-likeness (QED) is 0.616. The van der Waals surface area contributed by atoms with E-state index in [2.05, 4.69) is 9.97 Å². The molecule has 0 radical (unpaired) electrons. The van der Waals surface area contributed by atoms with Crippen molar-refractivity contribution in [2.75, 3.05) is 14.2 Å². The lowest BCUT2D eigenvalue weighted by atomic mass is 10.2. The van der Waals surface area contributed by atoms with E-state index in [1.807, 2.05) is 6.92 Å². The van der Waals surface area contributed by atoms with E-state index in [4.69, 9.17) is 9.47 Å². The summed E-state index contributed by atoms with van der Waals surface area (Å²) in [6.45, 7) is 1.82. The molecule has 0 aliphatic heterocycles. The summed E-state index contributed by atoms with van der Waals surface area (Å²) in [7, 11) is 3.05. The molecule has 0 aliphatic carbocycles. The molecule has 1 rings (SSSR count). The second-order valence-electron chi connectivity index (χ2n) is 2.91. The first-order valence-corrected chi connectivity index (χ1v) is 4.72. The molecule has 16 heavy (non-hydrogen) atoms. The number of ether oxygens (including phenoxy) is 2. The molecule has 1 heterocycles. The third-order valence-corrected chi connectivity index (χ3v) is 1.98. The first-order valence-electron chi connectivity index (χ1n) is 4.72. The molecule has 5 heteroatoms. The molecule has 86 valence electrons. The fourth-order valence-electron chi connectivity index (χ4n) is 1.19. The SMILES string of the molecule is C/C=C(OC)\C(=C/c1cnc[nH]c1=O)OC. The predicted octanol–water partition coefficient (Wildman–Crippen LogP) is 1.31. The maximum Gasteiger partial charge on any atom is 0.258 e. The Morgan fingerprint density at radius 1 is 1.38 bits per heavy atom. The van der Waals surface area contributed by atoms with Crippen molar-refractivity contribution in [1.29, 1.82) is 0 Å². The number of nitrogens with zero attached hydrogens (tertiary/aromatic N) is 1. The standard InChI is InChI=1S/C11H14N2O3/c1-4-9(15-2)10(16-3)5-8-6-12-7-13-11(8)14/h4-7H,1-3H3,(H,12,13,14)/b9-4+,10-5+. The second-order valence-corrected chi connectivity index (χ2v) is 2.91. The van der Waals surface area contributed by atoms with Crippen molar-refractivity contribution in [1.82, 2.24) is 9.97 Å². The first-order chi connectivity index (χ1) is 7.72. The van der Waals surface area contributed by atoms with Gasteiger partial charge in [0.25, 0.3) is 5.56 Å². The predicted molar refractivity (Wildman–Crippen MR) is 60.6 cm³/mol. The smallest absolute Gasteiger partial charge is 0.258 e. The highest BCUT2D eigenvalue weighted by atomic mass is 16.5. The number of allylic oxidation sites excluding steroid dienone is 1. The van der Waals surface area contributed by atoms with Crippen molar-refractivity contribution in [2.45, 2.75) is 6.92 Å². The summed E-state index contributed by atoms with van der Waals surface area (Å²) < 4.78 is 10.2. The Morgan fingerprint density at radius 2 is 2.06 bits per heavy atom. The molecule has 5 nitrogen and oxygen atoms in total. The van der Waals surface area contributed by atoms with Crippen molar-refractivity contribution >= 4 is 6.08 Å². The lowest BCUT2D eigenvalue weighted by Crippen LogP contribution is -2.09. The highest BCUT2D eigenvalue weighted by Gasteiger charge is 2.06. The van der Waals surface area contributed by atoms with E-state index >= 15 is 0 Å². The normalized spacial score (nSPS) is 12.4. The molecule has 0 amide bonds. The molecule has 0 saturated heterocycles. The van der Waals surface area contributed by atoms with Gasteiger partial charge in [0.2, 0.25) is 0 Å². The number of aromatic amines is 1. The minimum absolute atomic E-state index is 0.226. The maximum atomic E-state index is 11.4. The Labute approximate surface area is 93.4 Å². The molecule has 0 bridgehead atoms. The number of H-pyrrole nitrogens is 1. The number of rotatable bonds is 4. The van der Waals surface area contributed by atoms with Crippen LogP contribution in [0, 0.1) is 0 Å². The third kappa shape index (κ3) is 2.73. The average Bonchev–Trinajstić information content (AvgIpc) is 2.31. The third-order valence-electron chi connectivity index (χ3n) is 1.98. The highest BCUT2D eigenvalue weighted by molar-refractivity contribution is 5.53. The minimum atomic E-state index is -0.226. The van der Waals surface area contributed by atoms with E-state index in [-0.39, 0.29) is 5.56 Å². The molecular formula is C11H14N2O3. The lowest BCUT2D eigenvalue weighted by molar-refractivity contribution is 0.222. The summed E-state index contributed by atoms with van der Waals surface area (Å²) >= 11 is 0. The molecule has 1 N–H and O–H groups in total. The number of hydrogen-bond donors (Lipinski definition) is 1. The van der Waals surface area contributed by atoms with E-state index in [0.717, 1.165) is 0 Å². The van der Waals surface area contributed by atoms with E-state index in [0.29, 0.717) is 17.1 Å². The topological polar surface area (TPSA) is 64.2 Å². The number of methoxy groups -OCH3 is 2. The molecule has 1 aromatic heterocycles. The van der Waals surface area contributed by atoms with Gasteiger partial charge in [0.05, 0.1) is 26.1 Å². The van der Waals surface area contributed by atoms with Gasteiger partial charge in [0.1, 0.15) is 0 Å². The lowest BCUT2D eigenvalue weighted by Gasteiger charge is -2.08. The van der Waals surface area contributed by atoms with Crippen LogP contribution in [0.2, 0.25) is 0 Å². The van der Waals surface area contributed by atoms with Crippen LogP contribution in [0.25, 0.3) is 6.08 Å².